The van der Waals surface area contributed by atoms with Crippen LogP contribution in [0.5, 0.6) is 0 Å². The van der Waals surface area contributed by atoms with Crippen LogP contribution in [0.25, 0.3) is 0 Å². The van der Waals surface area contributed by atoms with Gasteiger partial charge in [0, 0.05) is 51.9 Å². The van der Waals surface area contributed by atoms with Crippen molar-refractivity contribution >= 4 is 11.6 Å². The first kappa shape index (κ1) is 13.9. The van der Waals surface area contributed by atoms with E-state index in [-0.39, 0.29) is 5.91 Å². The molecule has 104 valence electrons. The standard InChI is InChI=1S/C15H23N3O/c1-16-10-12-18(13-11-16)15(19)8-9-17(2)14-6-4-3-5-7-14/h3-7H,8-13H2,1-2H3. The minimum atomic E-state index is 0.274. The number of benzene rings is 1. The SMILES string of the molecule is CN1CCN(C(=O)CCN(C)c2ccccc2)CC1. The van der Waals surface area contributed by atoms with Crippen LogP contribution >= 0.6 is 0 Å². The number of hydrogen-bond donors (Lipinski definition) is 0. The third kappa shape index (κ3) is 3.96. The third-order valence-electron chi connectivity index (χ3n) is 3.71. The Morgan fingerprint density at radius 2 is 1.79 bits per heavy atom. The fourth-order valence-corrected chi connectivity index (χ4v) is 2.29. The number of para-hydroxylation sites is 1. The van der Waals surface area contributed by atoms with E-state index in [0.29, 0.717) is 6.42 Å². The van der Waals surface area contributed by atoms with E-state index >= 15 is 0 Å². The molecular weight excluding hydrogens is 238 g/mol. The summed E-state index contributed by atoms with van der Waals surface area (Å²) < 4.78 is 0. The predicted molar refractivity (Wildman–Crippen MR) is 78.4 cm³/mol. The molecule has 1 aliphatic heterocycles. The Hall–Kier alpha value is -1.55. The minimum Gasteiger partial charge on any atom is -0.374 e. The maximum absolute atomic E-state index is 12.1. The lowest BCUT2D eigenvalue weighted by Crippen LogP contribution is -2.47. The predicted octanol–water partition coefficient (Wildman–Crippen LogP) is 1.29. The number of likely N-dealkylation sites (N-methyl/N-ethyl adjacent to an activating group) is 1. The van der Waals surface area contributed by atoms with Gasteiger partial charge in [0.2, 0.25) is 5.91 Å². The molecule has 0 aromatic heterocycles. The van der Waals surface area contributed by atoms with Crippen molar-refractivity contribution in [2.75, 3.05) is 51.7 Å². The lowest BCUT2D eigenvalue weighted by molar-refractivity contribution is -0.132. The van der Waals surface area contributed by atoms with Crippen LogP contribution in [-0.2, 0) is 4.79 Å². The van der Waals surface area contributed by atoms with E-state index in [9.17, 15) is 4.79 Å². The molecule has 1 saturated heterocycles. The van der Waals surface area contributed by atoms with Crippen molar-refractivity contribution in [3.05, 3.63) is 30.3 Å². The smallest absolute Gasteiger partial charge is 0.224 e. The van der Waals surface area contributed by atoms with E-state index in [1.807, 2.05) is 30.1 Å². The van der Waals surface area contributed by atoms with Crippen LogP contribution in [0.2, 0.25) is 0 Å². The number of carbonyl (C=O) groups excluding carboxylic acids is 1. The Labute approximate surface area is 115 Å². The molecule has 2 rings (SSSR count). The van der Waals surface area contributed by atoms with Gasteiger partial charge in [-0.05, 0) is 19.2 Å². The Balaban J connectivity index is 1.77. The molecule has 1 heterocycles. The van der Waals surface area contributed by atoms with E-state index in [0.717, 1.165) is 38.4 Å². The molecule has 1 aliphatic rings. The largest absolute Gasteiger partial charge is 0.374 e. The minimum absolute atomic E-state index is 0.274. The second-order valence-electron chi connectivity index (χ2n) is 5.19. The van der Waals surface area contributed by atoms with Crippen molar-refractivity contribution in [2.45, 2.75) is 6.42 Å². The first-order valence-electron chi connectivity index (χ1n) is 6.89. The Kier molecular flexibility index (Phi) is 4.80. The van der Waals surface area contributed by atoms with Gasteiger partial charge >= 0.3 is 0 Å². The lowest BCUT2D eigenvalue weighted by atomic mass is 10.2. The average Bonchev–Trinajstić information content (AvgIpc) is 2.46. The first-order valence-corrected chi connectivity index (χ1v) is 6.89. The Bertz CT molecular complexity index is 399. The van der Waals surface area contributed by atoms with E-state index in [2.05, 4.69) is 29.0 Å². The maximum atomic E-state index is 12.1. The Morgan fingerprint density at radius 3 is 2.42 bits per heavy atom. The van der Waals surface area contributed by atoms with Crippen molar-refractivity contribution in [1.82, 2.24) is 9.80 Å². The van der Waals surface area contributed by atoms with Gasteiger partial charge in [0.05, 0.1) is 0 Å². The topological polar surface area (TPSA) is 26.8 Å². The number of rotatable bonds is 4. The van der Waals surface area contributed by atoms with E-state index in [1.165, 1.54) is 0 Å². The quantitative estimate of drug-likeness (QED) is 0.817. The average molecular weight is 261 g/mol. The molecule has 0 bridgehead atoms. The van der Waals surface area contributed by atoms with Crippen LogP contribution in [-0.4, -0.2) is 62.5 Å². The third-order valence-corrected chi connectivity index (χ3v) is 3.71. The highest BCUT2D eigenvalue weighted by Crippen LogP contribution is 2.11. The van der Waals surface area contributed by atoms with Gasteiger partial charge in [-0.15, -0.1) is 0 Å². The molecule has 0 saturated carbocycles. The molecular formula is C15H23N3O. The van der Waals surface area contributed by atoms with Crippen LogP contribution < -0.4 is 4.90 Å². The maximum Gasteiger partial charge on any atom is 0.224 e. The highest BCUT2D eigenvalue weighted by atomic mass is 16.2. The normalized spacial score (nSPS) is 16.4. The van der Waals surface area contributed by atoms with Gasteiger partial charge in [-0.1, -0.05) is 18.2 Å². The van der Waals surface area contributed by atoms with Crippen LogP contribution in [0.4, 0.5) is 5.69 Å². The zero-order valence-corrected chi connectivity index (χ0v) is 11.9. The summed E-state index contributed by atoms with van der Waals surface area (Å²) in [5.74, 6) is 0.274. The molecule has 1 fully saturated rings. The fourth-order valence-electron chi connectivity index (χ4n) is 2.29. The number of hydrogen-bond acceptors (Lipinski definition) is 3. The highest BCUT2D eigenvalue weighted by Gasteiger charge is 2.18. The summed E-state index contributed by atoms with van der Waals surface area (Å²) >= 11 is 0. The molecule has 4 nitrogen and oxygen atoms in total. The van der Waals surface area contributed by atoms with Crippen molar-refractivity contribution in [1.29, 1.82) is 0 Å². The van der Waals surface area contributed by atoms with Gasteiger partial charge in [0.1, 0.15) is 0 Å². The molecule has 0 atom stereocenters. The van der Waals surface area contributed by atoms with Crippen molar-refractivity contribution in [2.24, 2.45) is 0 Å². The van der Waals surface area contributed by atoms with Gasteiger partial charge in [-0.25, -0.2) is 0 Å². The summed E-state index contributed by atoms with van der Waals surface area (Å²) in [4.78, 5) is 18.5. The van der Waals surface area contributed by atoms with Crippen molar-refractivity contribution in [3.63, 3.8) is 0 Å². The summed E-state index contributed by atoms with van der Waals surface area (Å²) in [6, 6.07) is 10.2. The monoisotopic (exact) mass is 261 g/mol. The van der Waals surface area contributed by atoms with E-state index in [4.69, 9.17) is 0 Å². The Morgan fingerprint density at radius 1 is 1.16 bits per heavy atom. The van der Waals surface area contributed by atoms with Crippen LogP contribution in [0.3, 0.4) is 0 Å². The molecule has 0 unspecified atom stereocenters. The molecule has 0 spiro atoms. The van der Waals surface area contributed by atoms with E-state index in [1.54, 1.807) is 0 Å². The molecule has 4 heteroatoms. The lowest BCUT2D eigenvalue weighted by Gasteiger charge is -2.33. The van der Waals surface area contributed by atoms with Crippen LogP contribution in [0.15, 0.2) is 30.3 Å². The zero-order chi connectivity index (χ0) is 13.7. The summed E-state index contributed by atoms with van der Waals surface area (Å²) in [5, 5.41) is 0. The number of carbonyl (C=O) groups is 1. The van der Waals surface area contributed by atoms with Crippen molar-refractivity contribution < 1.29 is 4.79 Å². The van der Waals surface area contributed by atoms with Gasteiger partial charge in [0.25, 0.3) is 0 Å². The fraction of sp³-hybridized carbons (Fsp3) is 0.533. The summed E-state index contributed by atoms with van der Waals surface area (Å²) in [6.45, 7) is 4.48. The molecule has 1 aromatic rings. The molecule has 0 N–H and O–H groups in total. The van der Waals surface area contributed by atoms with Crippen LogP contribution in [0.1, 0.15) is 6.42 Å². The summed E-state index contributed by atoms with van der Waals surface area (Å²) in [5.41, 5.74) is 1.16. The molecule has 0 aliphatic carbocycles. The molecule has 0 radical (unpaired) electrons. The number of anilines is 1. The van der Waals surface area contributed by atoms with Gasteiger partial charge in [-0.2, -0.15) is 0 Å². The number of piperazine rings is 1. The van der Waals surface area contributed by atoms with Crippen molar-refractivity contribution in [3.8, 4) is 0 Å². The van der Waals surface area contributed by atoms with Gasteiger partial charge in [0.15, 0.2) is 0 Å². The second-order valence-corrected chi connectivity index (χ2v) is 5.19. The second kappa shape index (κ2) is 6.57. The zero-order valence-electron chi connectivity index (χ0n) is 11.9. The summed E-state index contributed by atoms with van der Waals surface area (Å²) in [6.07, 6.45) is 0.592. The molecule has 1 amide bonds. The number of amides is 1. The van der Waals surface area contributed by atoms with E-state index < -0.39 is 0 Å². The number of nitrogens with zero attached hydrogens (tertiary/aromatic N) is 3. The van der Waals surface area contributed by atoms with Gasteiger partial charge in [-0.3, -0.25) is 4.79 Å². The first-order chi connectivity index (χ1) is 9.16. The molecule has 19 heavy (non-hydrogen) atoms. The van der Waals surface area contributed by atoms with Gasteiger partial charge < -0.3 is 14.7 Å². The summed E-state index contributed by atoms with van der Waals surface area (Å²) in [7, 11) is 4.14. The van der Waals surface area contributed by atoms with Crippen LogP contribution in [0, 0.1) is 0 Å². The highest BCUT2D eigenvalue weighted by molar-refractivity contribution is 5.77. The molecule has 1 aromatic carbocycles.